The molecule has 0 fully saturated rings. The average Bonchev–Trinajstić information content (AvgIpc) is 2.43. The van der Waals surface area contributed by atoms with E-state index in [2.05, 4.69) is 21.4 Å². The van der Waals surface area contributed by atoms with Crippen LogP contribution in [-0.4, -0.2) is 0 Å². The summed E-state index contributed by atoms with van der Waals surface area (Å²) < 4.78 is 40.3. The first kappa shape index (κ1) is 16.0. The first-order valence-electron chi connectivity index (χ1n) is 6.23. The second-order valence-corrected chi connectivity index (χ2v) is 5.55. The first-order valence-corrected chi connectivity index (χ1v) is 7.02. The third-order valence-electron chi connectivity index (χ3n) is 3.26. The molecule has 2 nitrogen and oxygen atoms in total. The van der Waals surface area contributed by atoms with Gasteiger partial charge in [-0.15, -0.1) is 0 Å². The number of hydrogen-bond acceptors (Lipinski definition) is 2. The van der Waals surface area contributed by atoms with Gasteiger partial charge in [0.2, 0.25) is 0 Å². The van der Waals surface area contributed by atoms with Gasteiger partial charge in [-0.25, -0.2) is 5.43 Å². The van der Waals surface area contributed by atoms with E-state index >= 15 is 0 Å². The van der Waals surface area contributed by atoms with Crippen LogP contribution in [0, 0.1) is 6.92 Å². The lowest BCUT2D eigenvalue weighted by atomic mass is 9.94. The molecule has 112 valence electrons. The monoisotopic (exact) mass is 358 g/mol. The minimum atomic E-state index is -4.42. The Morgan fingerprint density at radius 3 is 2.38 bits per heavy atom. The Balaban J connectivity index is 2.54. The predicted octanol–water partition coefficient (Wildman–Crippen LogP) is 4.33. The molecule has 2 aromatic carbocycles. The van der Waals surface area contributed by atoms with Gasteiger partial charge in [0, 0.05) is 4.47 Å². The van der Waals surface area contributed by atoms with Crippen LogP contribution in [0.3, 0.4) is 0 Å². The maximum absolute atomic E-state index is 13.1. The highest BCUT2D eigenvalue weighted by Crippen LogP contribution is 2.36. The topological polar surface area (TPSA) is 38.0 Å². The molecule has 0 bridgehead atoms. The summed E-state index contributed by atoms with van der Waals surface area (Å²) in [6.45, 7) is 1.87. The van der Waals surface area contributed by atoms with Crippen LogP contribution in [-0.2, 0) is 6.18 Å². The number of nitrogens with two attached hydrogens (primary N) is 1. The van der Waals surface area contributed by atoms with Gasteiger partial charge in [0.25, 0.3) is 0 Å². The summed E-state index contributed by atoms with van der Waals surface area (Å²) in [6.07, 6.45) is -4.42. The molecule has 0 saturated heterocycles. The Kier molecular flexibility index (Phi) is 4.70. The van der Waals surface area contributed by atoms with Crippen molar-refractivity contribution in [3.8, 4) is 0 Å². The lowest BCUT2D eigenvalue weighted by molar-refractivity contribution is -0.138. The normalized spacial score (nSPS) is 13.2. The van der Waals surface area contributed by atoms with Crippen molar-refractivity contribution in [1.82, 2.24) is 5.43 Å². The maximum Gasteiger partial charge on any atom is 0.416 e. The average molecular weight is 359 g/mol. The summed E-state index contributed by atoms with van der Waals surface area (Å²) in [5.41, 5.74) is 3.50. The quantitative estimate of drug-likeness (QED) is 0.633. The van der Waals surface area contributed by atoms with E-state index in [0.717, 1.165) is 16.1 Å². The van der Waals surface area contributed by atoms with E-state index in [9.17, 15) is 13.2 Å². The Morgan fingerprint density at radius 1 is 1.14 bits per heavy atom. The van der Waals surface area contributed by atoms with Gasteiger partial charge in [0.15, 0.2) is 0 Å². The van der Waals surface area contributed by atoms with Crippen molar-refractivity contribution in [2.45, 2.75) is 19.1 Å². The number of nitrogens with one attached hydrogen (secondary N) is 1. The Morgan fingerprint density at radius 2 is 1.81 bits per heavy atom. The van der Waals surface area contributed by atoms with E-state index in [1.807, 2.05) is 13.0 Å². The zero-order chi connectivity index (χ0) is 15.6. The minimum absolute atomic E-state index is 0.106. The molecule has 0 aromatic heterocycles. The van der Waals surface area contributed by atoms with Crippen molar-refractivity contribution >= 4 is 15.9 Å². The van der Waals surface area contributed by atoms with Crippen molar-refractivity contribution in [3.05, 3.63) is 69.2 Å². The number of benzene rings is 2. The molecule has 1 atom stereocenters. The number of halogens is 4. The van der Waals surface area contributed by atoms with E-state index in [1.54, 1.807) is 18.2 Å². The van der Waals surface area contributed by atoms with Crippen molar-refractivity contribution in [2.24, 2.45) is 5.84 Å². The molecule has 1 unspecified atom stereocenters. The van der Waals surface area contributed by atoms with Crippen LogP contribution in [0.25, 0.3) is 0 Å². The molecule has 0 heterocycles. The molecule has 0 saturated carbocycles. The lowest BCUT2D eigenvalue weighted by Crippen LogP contribution is -2.30. The van der Waals surface area contributed by atoms with Crippen molar-refractivity contribution in [2.75, 3.05) is 0 Å². The standard InChI is InChI=1S/C15H14BrF3N2/c1-9-8-10(6-7-13(9)16)14(21-20)11-4-2-3-5-12(11)15(17,18)19/h2-8,14,21H,20H2,1H3. The van der Waals surface area contributed by atoms with Crippen LogP contribution in [0.4, 0.5) is 13.2 Å². The van der Waals surface area contributed by atoms with E-state index in [-0.39, 0.29) is 5.56 Å². The summed E-state index contributed by atoms with van der Waals surface area (Å²) in [4.78, 5) is 0. The number of aryl methyl sites for hydroxylation is 1. The second-order valence-electron chi connectivity index (χ2n) is 4.69. The Hall–Kier alpha value is -1.37. The fourth-order valence-electron chi connectivity index (χ4n) is 2.22. The van der Waals surface area contributed by atoms with Gasteiger partial charge in [-0.1, -0.05) is 46.3 Å². The van der Waals surface area contributed by atoms with Crippen molar-refractivity contribution in [1.29, 1.82) is 0 Å². The highest BCUT2D eigenvalue weighted by Gasteiger charge is 2.35. The molecule has 0 spiro atoms. The van der Waals surface area contributed by atoms with E-state index < -0.39 is 17.8 Å². The third kappa shape index (κ3) is 3.45. The number of alkyl halides is 3. The van der Waals surface area contributed by atoms with Crippen LogP contribution >= 0.6 is 15.9 Å². The van der Waals surface area contributed by atoms with Gasteiger partial charge >= 0.3 is 6.18 Å². The Labute approximate surface area is 129 Å². The van der Waals surface area contributed by atoms with Crippen LogP contribution in [0.15, 0.2) is 46.9 Å². The van der Waals surface area contributed by atoms with Crippen LogP contribution < -0.4 is 11.3 Å². The molecular weight excluding hydrogens is 345 g/mol. The Bertz CT molecular complexity index is 641. The van der Waals surface area contributed by atoms with Crippen LogP contribution in [0.2, 0.25) is 0 Å². The SMILES string of the molecule is Cc1cc(C(NN)c2ccccc2C(F)(F)F)ccc1Br. The van der Waals surface area contributed by atoms with Gasteiger partial charge < -0.3 is 0 Å². The lowest BCUT2D eigenvalue weighted by Gasteiger charge is -2.22. The van der Waals surface area contributed by atoms with Crippen molar-refractivity contribution in [3.63, 3.8) is 0 Å². The number of hydrogen-bond donors (Lipinski definition) is 2. The molecule has 0 aliphatic heterocycles. The molecule has 2 aromatic rings. The fourth-order valence-corrected chi connectivity index (χ4v) is 2.47. The first-order chi connectivity index (χ1) is 9.84. The van der Waals surface area contributed by atoms with Crippen LogP contribution in [0.1, 0.15) is 28.3 Å². The molecule has 6 heteroatoms. The minimum Gasteiger partial charge on any atom is -0.271 e. The molecule has 2 rings (SSSR count). The molecule has 21 heavy (non-hydrogen) atoms. The summed E-state index contributed by atoms with van der Waals surface area (Å²) in [6, 6.07) is 10.1. The smallest absolute Gasteiger partial charge is 0.271 e. The summed E-state index contributed by atoms with van der Waals surface area (Å²) in [5, 5.41) is 0. The van der Waals surface area contributed by atoms with Crippen molar-refractivity contribution < 1.29 is 13.2 Å². The second kappa shape index (κ2) is 6.17. The van der Waals surface area contributed by atoms with E-state index in [1.165, 1.54) is 12.1 Å². The highest BCUT2D eigenvalue weighted by atomic mass is 79.9. The predicted molar refractivity (Wildman–Crippen MR) is 79.5 cm³/mol. The van der Waals surface area contributed by atoms with Gasteiger partial charge in [-0.3, -0.25) is 5.84 Å². The van der Waals surface area contributed by atoms with Gasteiger partial charge in [-0.05, 0) is 35.7 Å². The molecule has 0 aliphatic carbocycles. The van der Waals surface area contributed by atoms with E-state index in [0.29, 0.717) is 5.56 Å². The molecule has 0 amide bonds. The molecular formula is C15H14BrF3N2. The van der Waals surface area contributed by atoms with E-state index in [4.69, 9.17) is 5.84 Å². The molecule has 3 N–H and O–H groups in total. The summed E-state index contributed by atoms with van der Waals surface area (Å²) in [7, 11) is 0. The van der Waals surface area contributed by atoms with Crippen LogP contribution in [0.5, 0.6) is 0 Å². The maximum atomic E-state index is 13.1. The van der Waals surface area contributed by atoms with Gasteiger partial charge in [-0.2, -0.15) is 13.2 Å². The molecule has 0 radical (unpaired) electrons. The number of hydrazine groups is 1. The van der Waals surface area contributed by atoms with Gasteiger partial charge in [0.1, 0.15) is 0 Å². The largest absolute Gasteiger partial charge is 0.416 e. The summed E-state index contributed by atoms with van der Waals surface area (Å²) >= 11 is 3.37. The third-order valence-corrected chi connectivity index (χ3v) is 4.15. The zero-order valence-corrected chi connectivity index (χ0v) is 12.8. The fraction of sp³-hybridized carbons (Fsp3) is 0.200. The summed E-state index contributed by atoms with van der Waals surface area (Å²) in [5.74, 6) is 5.51. The number of rotatable bonds is 3. The van der Waals surface area contributed by atoms with Gasteiger partial charge in [0.05, 0.1) is 11.6 Å². The highest BCUT2D eigenvalue weighted by molar-refractivity contribution is 9.10. The zero-order valence-electron chi connectivity index (χ0n) is 11.2. The molecule has 0 aliphatic rings.